The molecule has 2 rings (SSSR count). The van der Waals surface area contributed by atoms with Crippen LogP contribution in [0.3, 0.4) is 0 Å². The van der Waals surface area contributed by atoms with Gasteiger partial charge in [-0.15, -0.1) is 24.0 Å². The predicted molar refractivity (Wildman–Crippen MR) is 102 cm³/mol. The van der Waals surface area contributed by atoms with Crippen molar-refractivity contribution in [3.8, 4) is 0 Å². The minimum atomic E-state index is 0. The number of nitrogens with zero attached hydrogens (tertiary/aromatic N) is 4. The van der Waals surface area contributed by atoms with E-state index in [0.29, 0.717) is 30.2 Å². The van der Waals surface area contributed by atoms with Gasteiger partial charge in [0.1, 0.15) is 0 Å². The van der Waals surface area contributed by atoms with Crippen LogP contribution in [0.15, 0.2) is 9.52 Å². The topological polar surface area (TPSA) is 78.6 Å². The normalized spacial score (nSPS) is 17.2. The molecule has 23 heavy (non-hydrogen) atoms. The molecule has 132 valence electrons. The fourth-order valence-electron chi connectivity index (χ4n) is 2.68. The lowest BCUT2D eigenvalue weighted by Crippen LogP contribution is -2.50. The first-order valence-electron chi connectivity index (χ1n) is 8.09. The molecule has 1 fully saturated rings. The van der Waals surface area contributed by atoms with Crippen LogP contribution < -0.4 is 10.6 Å². The molecule has 1 aliphatic rings. The van der Waals surface area contributed by atoms with E-state index in [1.54, 1.807) is 7.05 Å². The molecule has 0 amide bonds. The van der Waals surface area contributed by atoms with Crippen molar-refractivity contribution in [3.63, 3.8) is 0 Å². The van der Waals surface area contributed by atoms with Gasteiger partial charge in [0.05, 0.1) is 0 Å². The standard InChI is InChI=1S/C15H28N6O.HI/c1-11(2)21-9-6-13(7-10-21)19-15(16-4)17-8-5-14-18-12(3)20-22-14;/h11,13H,5-10H2,1-4H3,(H2,16,17,19);1H. The summed E-state index contributed by atoms with van der Waals surface area (Å²) in [7, 11) is 1.80. The van der Waals surface area contributed by atoms with Crippen LogP contribution in [0.2, 0.25) is 0 Å². The number of halogens is 1. The highest BCUT2D eigenvalue weighted by Crippen LogP contribution is 2.12. The summed E-state index contributed by atoms with van der Waals surface area (Å²) < 4.78 is 5.10. The molecule has 1 aromatic heterocycles. The summed E-state index contributed by atoms with van der Waals surface area (Å²) in [6, 6.07) is 1.13. The molecule has 2 heterocycles. The maximum Gasteiger partial charge on any atom is 0.228 e. The smallest absolute Gasteiger partial charge is 0.228 e. The molecular formula is C15H29IN6O. The fourth-order valence-corrected chi connectivity index (χ4v) is 2.68. The van der Waals surface area contributed by atoms with Crippen LogP contribution in [0.1, 0.15) is 38.4 Å². The molecule has 0 bridgehead atoms. The number of hydrogen-bond acceptors (Lipinski definition) is 5. The van der Waals surface area contributed by atoms with Crippen molar-refractivity contribution in [3.05, 3.63) is 11.7 Å². The second kappa shape index (κ2) is 10.1. The molecule has 0 spiro atoms. The second-order valence-electron chi connectivity index (χ2n) is 6.03. The molecular weight excluding hydrogens is 407 g/mol. The molecule has 7 nitrogen and oxygen atoms in total. The van der Waals surface area contributed by atoms with E-state index in [1.807, 2.05) is 6.92 Å². The Bertz CT molecular complexity index is 482. The Balaban J connectivity index is 0.00000264. The molecule has 1 aromatic rings. The van der Waals surface area contributed by atoms with E-state index >= 15 is 0 Å². The largest absolute Gasteiger partial charge is 0.356 e. The Kier molecular flexibility index (Phi) is 8.82. The maximum absolute atomic E-state index is 5.10. The molecule has 0 aliphatic carbocycles. The number of aliphatic imine (C=N–C) groups is 1. The van der Waals surface area contributed by atoms with E-state index in [2.05, 4.69) is 44.5 Å². The van der Waals surface area contributed by atoms with Crippen molar-refractivity contribution in [1.29, 1.82) is 0 Å². The van der Waals surface area contributed by atoms with Crippen LogP contribution in [0.5, 0.6) is 0 Å². The minimum Gasteiger partial charge on any atom is -0.356 e. The third-order valence-corrected chi connectivity index (χ3v) is 4.03. The first-order valence-corrected chi connectivity index (χ1v) is 8.09. The van der Waals surface area contributed by atoms with Gasteiger partial charge in [0.2, 0.25) is 5.89 Å². The molecule has 0 atom stereocenters. The summed E-state index contributed by atoms with van der Waals surface area (Å²) in [5.41, 5.74) is 0. The van der Waals surface area contributed by atoms with Gasteiger partial charge in [-0.3, -0.25) is 4.99 Å². The van der Waals surface area contributed by atoms with Gasteiger partial charge in [-0.1, -0.05) is 5.16 Å². The average molecular weight is 436 g/mol. The lowest BCUT2D eigenvalue weighted by Gasteiger charge is -2.35. The summed E-state index contributed by atoms with van der Waals surface area (Å²) >= 11 is 0. The zero-order valence-electron chi connectivity index (χ0n) is 14.5. The van der Waals surface area contributed by atoms with Crippen molar-refractivity contribution in [2.75, 3.05) is 26.7 Å². The Labute approximate surface area is 155 Å². The maximum atomic E-state index is 5.10. The first kappa shape index (κ1) is 20.1. The van der Waals surface area contributed by atoms with Gasteiger partial charge < -0.3 is 20.1 Å². The van der Waals surface area contributed by atoms with Crippen LogP contribution >= 0.6 is 24.0 Å². The number of rotatable bonds is 5. The van der Waals surface area contributed by atoms with Gasteiger partial charge >= 0.3 is 0 Å². The van der Waals surface area contributed by atoms with Gasteiger partial charge in [0.15, 0.2) is 11.8 Å². The molecule has 2 N–H and O–H groups in total. The highest BCUT2D eigenvalue weighted by atomic mass is 127. The molecule has 1 saturated heterocycles. The Morgan fingerprint density at radius 1 is 1.39 bits per heavy atom. The van der Waals surface area contributed by atoms with Crippen molar-refractivity contribution in [2.24, 2.45) is 4.99 Å². The highest BCUT2D eigenvalue weighted by molar-refractivity contribution is 14.0. The SMILES string of the molecule is CN=C(NCCc1nc(C)no1)NC1CCN(C(C)C)CC1.I. The number of piperidine rings is 1. The van der Waals surface area contributed by atoms with Gasteiger partial charge in [-0.25, -0.2) is 0 Å². The van der Waals surface area contributed by atoms with Crippen molar-refractivity contribution in [1.82, 2.24) is 25.7 Å². The van der Waals surface area contributed by atoms with E-state index in [9.17, 15) is 0 Å². The van der Waals surface area contributed by atoms with E-state index in [1.165, 1.54) is 0 Å². The van der Waals surface area contributed by atoms with Gasteiger partial charge in [0.25, 0.3) is 0 Å². The fraction of sp³-hybridized carbons (Fsp3) is 0.800. The second-order valence-corrected chi connectivity index (χ2v) is 6.03. The number of likely N-dealkylation sites (tertiary alicyclic amines) is 1. The Hall–Kier alpha value is -0.900. The summed E-state index contributed by atoms with van der Waals surface area (Å²) in [6.45, 7) is 9.36. The van der Waals surface area contributed by atoms with Crippen LogP contribution in [-0.4, -0.2) is 59.8 Å². The quantitative estimate of drug-likeness (QED) is 0.415. The number of aromatic nitrogens is 2. The number of guanidine groups is 1. The average Bonchev–Trinajstić information content (AvgIpc) is 2.92. The molecule has 8 heteroatoms. The van der Waals surface area contributed by atoms with E-state index < -0.39 is 0 Å². The zero-order valence-corrected chi connectivity index (χ0v) is 16.8. The lowest BCUT2D eigenvalue weighted by molar-refractivity contribution is 0.167. The highest BCUT2D eigenvalue weighted by Gasteiger charge is 2.21. The van der Waals surface area contributed by atoms with Gasteiger partial charge in [0, 0.05) is 45.2 Å². The lowest BCUT2D eigenvalue weighted by atomic mass is 10.0. The van der Waals surface area contributed by atoms with Crippen LogP contribution in [0.25, 0.3) is 0 Å². The van der Waals surface area contributed by atoms with Crippen molar-refractivity contribution in [2.45, 2.75) is 52.1 Å². The van der Waals surface area contributed by atoms with E-state index in [-0.39, 0.29) is 24.0 Å². The molecule has 1 aliphatic heterocycles. The summed E-state index contributed by atoms with van der Waals surface area (Å²) in [5.74, 6) is 2.18. The molecule has 0 unspecified atom stereocenters. The first-order chi connectivity index (χ1) is 10.6. The third kappa shape index (κ3) is 6.62. The number of hydrogen-bond donors (Lipinski definition) is 2. The minimum absolute atomic E-state index is 0. The molecule has 0 radical (unpaired) electrons. The molecule has 0 saturated carbocycles. The number of aryl methyl sites for hydroxylation is 1. The van der Waals surface area contributed by atoms with E-state index in [4.69, 9.17) is 4.52 Å². The van der Waals surface area contributed by atoms with Crippen molar-refractivity contribution < 1.29 is 4.52 Å². The van der Waals surface area contributed by atoms with Crippen LogP contribution in [-0.2, 0) is 6.42 Å². The van der Waals surface area contributed by atoms with Crippen LogP contribution in [0.4, 0.5) is 0 Å². The third-order valence-electron chi connectivity index (χ3n) is 4.03. The Morgan fingerprint density at radius 3 is 2.61 bits per heavy atom. The zero-order chi connectivity index (χ0) is 15.9. The summed E-state index contributed by atoms with van der Waals surface area (Å²) in [5, 5.41) is 10.6. The van der Waals surface area contributed by atoms with Gasteiger partial charge in [-0.05, 0) is 33.6 Å². The summed E-state index contributed by atoms with van der Waals surface area (Å²) in [4.78, 5) is 11.0. The predicted octanol–water partition coefficient (Wildman–Crippen LogP) is 1.58. The van der Waals surface area contributed by atoms with E-state index in [0.717, 1.165) is 38.4 Å². The van der Waals surface area contributed by atoms with Gasteiger partial charge in [-0.2, -0.15) is 4.98 Å². The summed E-state index contributed by atoms with van der Waals surface area (Å²) in [6.07, 6.45) is 3.01. The number of nitrogens with one attached hydrogen (secondary N) is 2. The van der Waals surface area contributed by atoms with Crippen molar-refractivity contribution >= 4 is 29.9 Å². The molecule has 0 aromatic carbocycles. The monoisotopic (exact) mass is 436 g/mol. The Morgan fingerprint density at radius 2 is 2.09 bits per heavy atom. The van der Waals surface area contributed by atoms with Crippen LogP contribution in [0, 0.1) is 6.92 Å².